The van der Waals surface area contributed by atoms with Gasteiger partial charge in [-0.05, 0) is 49.1 Å². The van der Waals surface area contributed by atoms with Gasteiger partial charge >= 0.3 is 0 Å². The van der Waals surface area contributed by atoms with Gasteiger partial charge in [0, 0.05) is 18.8 Å². The van der Waals surface area contributed by atoms with E-state index in [4.69, 9.17) is 4.74 Å². The first-order valence-electron chi connectivity index (χ1n) is 8.89. The fraction of sp³-hybridized carbons (Fsp3) is 0.381. The number of nitrogens with one attached hydrogen (secondary N) is 2. The van der Waals surface area contributed by atoms with E-state index in [0.717, 1.165) is 24.4 Å². The van der Waals surface area contributed by atoms with E-state index in [-0.39, 0.29) is 5.91 Å². The van der Waals surface area contributed by atoms with Crippen LogP contribution in [0, 0.1) is 0 Å². The van der Waals surface area contributed by atoms with Crippen LogP contribution in [0.25, 0.3) is 0 Å². The van der Waals surface area contributed by atoms with Crippen LogP contribution in [0.5, 0.6) is 5.75 Å². The van der Waals surface area contributed by atoms with Crippen molar-refractivity contribution in [2.24, 2.45) is 0 Å². The van der Waals surface area contributed by atoms with Crippen molar-refractivity contribution in [2.75, 3.05) is 18.4 Å². The molecule has 0 heterocycles. The third kappa shape index (κ3) is 6.49. The predicted molar refractivity (Wildman–Crippen MR) is 103 cm³/mol. The van der Waals surface area contributed by atoms with Crippen molar-refractivity contribution in [3.05, 3.63) is 60.2 Å². The van der Waals surface area contributed by atoms with Crippen LogP contribution >= 0.6 is 0 Å². The van der Waals surface area contributed by atoms with Crippen LogP contribution in [0.1, 0.15) is 38.7 Å². The van der Waals surface area contributed by atoms with Crippen molar-refractivity contribution in [3.63, 3.8) is 0 Å². The molecule has 0 fully saturated rings. The topological polar surface area (TPSA) is 50.4 Å². The third-order valence-corrected chi connectivity index (χ3v) is 3.96. The van der Waals surface area contributed by atoms with E-state index in [1.165, 1.54) is 5.56 Å². The molecule has 0 saturated carbocycles. The lowest BCUT2D eigenvalue weighted by molar-refractivity contribution is -0.127. The Kier molecular flexibility index (Phi) is 7.33. The lowest BCUT2D eigenvalue weighted by Crippen LogP contribution is -2.37. The summed E-state index contributed by atoms with van der Waals surface area (Å²) in [6, 6.07) is 18.0. The monoisotopic (exact) mass is 340 g/mol. The fourth-order valence-corrected chi connectivity index (χ4v) is 2.44. The molecule has 1 unspecified atom stereocenters. The lowest BCUT2D eigenvalue weighted by atomic mass is 10.0. The molecule has 0 saturated heterocycles. The molecule has 0 aliphatic carbocycles. The smallest absolute Gasteiger partial charge is 0.260 e. The second-order valence-corrected chi connectivity index (χ2v) is 6.42. The van der Waals surface area contributed by atoms with Crippen LogP contribution in [0.15, 0.2) is 54.6 Å². The molecule has 2 aromatic rings. The molecular weight excluding hydrogens is 312 g/mol. The molecule has 25 heavy (non-hydrogen) atoms. The van der Waals surface area contributed by atoms with Gasteiger partial charge in [-0.15, -0.1) is 0 Å². The zero-order chi connectivity index (χ0) is 18.1. The molecule has 0 spiro atoms. The number of carbonyl (C=O) groups excluding carboxylic acids is 1. The number of anilines is 1. The molecule has 0 aliphatic heterocycles. The molecule has 1 amide bonds. The van der Waals surface area contributed by atoms with E-state index in [1.807, 2.05) is 48.5 Å². The maximum Gasteiger partial charge on any atom is 0.260 e. The maximum atomic E-state index is 12.1. The first-order valence-corrected chi connectivity index (χ1v) is 8.89. The molecule has 134 valence electrons. The van der Waals surface area contributed by atoms with Crippen LogP contribution in [0.4, 0.5) is 5.69 Å². The molecule has 2 aromatic carbocycles. The minimum Gasteiger partial charge on any atom is -0.481 e. The van der Waals surface area contributed by atoms with E-state index < -0.39 is 6.10 Å². The van der Waals surface area contributed by atoms with Crippen molar-refractivity contribution in [3.8, 4) is 5.75 Å². The molecule has 0 aliphatic rings. The Hall–Kier alpha value is -2.49. The average molecular weight is 340 g/mol. The van der Waals surface area contributed by atoms with Crippen LogP contribution in [-0.4, -0.2) is 25.1 Å². The fourth-order valence-electron chi connectivity index (χ4n) is 2.44. The molecular formula is C21H28N2O2. The SMILES string of the molecule is CC(Oc1cccc(C(C)C)c1)C(=O)NCCCNc1ccccc1. The molecule has 4 nitrogen and oxygen atoms in total. The van der Waals surface area contributed by atoms with Crippen molar-refractivity contribution in [2.45, 2.75) is 39.2 Å². The number of ether oxygens (including phenoxy) is 1. The van der Waals surface area contributed by atoms with Crippen molar-refractivity contribution >= 4 is 11.6 Å². The number of benzene rings is 2. The quantitative estimate of drug-likeness (QED) is 0.673. The van der Waals surface area contributed by atoms with Crippen LogP contribution < -0.4 is 15.4 Å². The summed E-state index contributed by atoms with van der Waals surface area (Å²) in [7, 11) is 0. The Morgan fingerprint density at radius 1 is 1.00 bits per heavy atom. The summed E-state index contributed by atoms with van der Waals surface area (Å²) in [5, 5.41) is 6.24. The summed E-state index contributed by atoms with van der Waals surface area (Å²) in [4.78, 5) is 12.1. The van der Waals surface area contributed by atoms with Gasteiger partial charge in [-0.2, -0.15) is 0 Å². The Morgan fingerprint density at radius 3 is 2.48 bits per heavy atom. The number of rotatable bonds is 9. The number of para-hydroxylation sites is 1. The van der Waals surface area contributed by atoms with E-state index in [1.54, 1.807) is 6.92 Å². The van der Waals surface area contributed by atoms with Gasteiger partial charge in [-0.1, -0.05) is 44.2 Å². The van der Waals surface area contributed by atoms with Gasteiger partial charge in [-0.25, -0.2) is 0 Å². The number of carbonyl (C=O) groups is 1. The van der Waals surface area contributed by atoms with Gasteiger partial charge < -0.3 is 15.4 Å². The minimum atomic E-state index is -0.510. The number of amides is 1. The molecule has 0 aromatic heterocycles. The first-order chi connectivity index (χ1) is 12.1. The third-order valence-electron chi connectivity index (χ3n) is 3.96. The zero-order valence-corrected chi connectivity index (χ0v) is 15.3. The van der Waals surface area contributed by atoms with Crippen molar-refractivity contribution < 1.29 is 9.53 Å². The molecule has 2 N–H and O–H groups in total. The molecule has 1 atom stereocenters. The summed E-state index contributed by atoms with van der Waals surface area (Å²) in [6.07, 6.45) is 0.348. The highest BCUT2D eigenvalue weighted by Gasteiger charge is 2.14. The largest absolute Gasteiger partial charge is 0.481 e. The van der Waals surface area contributed by atoms with Gasteiger partial charge in [0.05, 0.1) is 0 Å². The molecule has 2 rings (SSSR count). The van der Waals surface area contributed by atoms with Crippen molar-refractivity contribution in [1.29, 1.82) is 0 Å². The first kappa shape index (κ1) is 18.8. The molecule has 0 radical (unpaired) electrons. The predicted octanol–water partition coefficient (Wildman–Crippen LogP) is 4.20. The minimum absolute atomic E-state index is 0.0883. The van der Waals surface area contributed by atoms with Gasteiger partial charge in [0.25, 0.3) is 5.91 Å². The number of hydrogen-bond donors (Lipinski definition) is 2. The van der Waals surface area contributed by atoms with Gasteiger partial charge in [-0.3, -0.25) is 4.79 Å². The second-order valence-electron chi connectivity index (χ2n) is 6.42. The van der Waals surface area contributed by atoms with E-state index in [0.29, 0.717) is 12.5 Å². The average Bonchev–Trinajstić information content (AvgIpc) is 2.62. The zero-order valence-electron chi connectivity index (χ0n) is 15.3. The summed E-state index contributed by atoms with van der Waals surface area (Å²) < 4.78 is 5.77. The highest BCUT2D eigenvalue weighted by molar-refractivity contribution is 5.80. The maximum absolute atomic E-state index is 12.1. The molecule has 0 bridgehead atoms. The standard InChI is InChI=1S/C21H28N2O2/c1-16(2)18-9-7-12-20(15-18)25-17(3)21(24)23-14-8-13-22-19-10-5-4-6-11-19/h4-7,9-12,15-17,22H,8,13-14H2,1-3H3,(H,23,24). The van der Waals surface area contributed by atoms with Crippen LogP contribution in [-0.2, 0) is 4.79 Å². The van der Waals surface area contributed by atoms with E-state index in [2.05, 4.69) is 30.5 Å². The molecule has 4 heteroatoms. The Labute approximate surface area is 150 Å². The normalized spacial score (nSPS) is 11.8. The lowest BCUT2D eigenvalue weighted by Gasteiger charge is -2.16. The Balaban J connectivity index is 1.69. The second kappa shape index (κ2) is 9.72. The number of hydrogen-bond acceptors (Lipinski definition) is 3. The summed E-state index contributed by atoms with van der Waals surface area (Å²) in [5.74, 6) is 1.08. The summed E-state index contributed by atoms with van der Waals surface area (Å²) in [6.45, 7) is 7.49. The summed E-state index contributed by atoms with van der Waals surface area (Å²) in [5.41, 5.74) is 2.30. The van der Waals surface area contributed by atoms with E-state index in [9.17, 15) is 4.79 Å². The van der Waals surface area contributed by atoms with Crippen LogP contribution in [0.3, 0.4) is 0 Å². The van der Waals surface area contributed by atoms with E-state index >= 15 is 0 Å². The summed E-state index contributed by atoms with van der Waals surface area (Å²) >= 11 is 0. The Bertz CT molecular complexity index is 656. The Morgan fingerprint density at radius 2 is 1.76 bits per heavy atom. The highest BCUT2D eigenvalue weighted by atomic mass is 16.5. The van der Waals surface area contributed by atoms with Crippen LogP contribution in [0.2, 0.25) is 0 Å². The highest BCUT2D eigenvalue weighted by Crippen LogP contribution is 2.20. The van der Waals surface area contributed by atoms with Crippen molar-refractivity contribution in [1.82, 2.24) is 5.32 Å². The van der Waals surface area contributed by atoms with Gasteiger partial charge in [0.1, 0.15) is 5.75 Å². The van der Waals surface area contributed by atoms with Gasteiger partial charge in [0.2, 0.25) is 0 Å². The van der Waals surface area contributed by atoms with Gasteiger partial charge in [0.15, 0.2) is 6.10 Å².